The first-order valence-corrected chi connectivity index (χ1v) is 10.8. The number of anilines is 1. The van der Waals surface area contributed by atoms with Gasteiger partial charge in [-0.1, -0.05) is 43.2 Å². The van der Waals surface area contributed by atoms with Gasteiger partial charge in [-0.25, -0.2) is 0 Å². The molecule has 1 aromatic heterocycles. The predicted molar refractivity (Wildman–Crippen MR) is 114 cm³/mol. The Bertz CT molecular complexity index is 760. The van der Waals surface area contributed by atoms with Gasteiger partial charge in [0.2, 0.25) is 0 Å². The van der Waals surface area contributed by atoms with E-state index in [9.17, 15) is 4.79 Å². The normalized spacial score (nSPS) is 18.7. The number of rotatable bonds is 4. The predicted octanol–water partition coefficient (Wildman–Crippen LogP) is 4.56. The smallest absolute Gasteiger partial charge is 0.255 e. The van der Waals surface area contributed by atoms with Gasteiger partial charge in [-0.2, -0.15) is 0 Å². The number of benzene rings is 1. The molecule has 0 saturated carbocycles. The number of hydrogen-bond donors (Lipinski definition) is 0. The van der Waals surface area contributed by atoms with Gasteiger partial charge in [-0.3, -0.25) is 9.78 Å². The fourth-order valence-electron chi connectivity index (χ4n) is 4.52. The lowest BCUT2D eigenvalue weighted by Gasteiger charge is -2.33. The maximum Gasteiger partial charge on any atom is 0.255 e. The Labute approximate surface area is 168 Å². The SMILES string of the molecule is O=C(c1cncc(N2CCC(Cc3ccccc3)CC2)c1)N1CCCCCC1. The van der Waals surface area contributed by atoms with Crippen molar-refractivity contribution < 1.29 is 4.79 Å². The van der Waals surface area contributed by atoms with Crippen molar-refractivity contribution in [3.8, 4) is 0 Å². The van der Waals surface area contributed by atoms with Gasteiger partial charge in [0.15, 0.2) is 0 Å². The summed E-state index contributed by atoms with van der Waals surface area (Å²) in [6.45, 7) is 3.85. The Morgan fingerprint density at radius 2 is 1.64 bits per heavy atom. The molecule has 2 aromatic rings. The Morgan fingerprint density at radius 3 is 2.36 bits per heavy atom. The molecule has 2 saturated heterocycles. The van der Waals surface area contributed by atoms with Crippen molar-refractivity contribution in [1.82, 2.24) is 9.88 Å². The summed E-state index contributed by atoms with van der Waals surface area (Å²) in [4.78, 5) is 21.7. The highest BCUT2D eigenvalue weighted by Gasteiger charge is 2.22. The summed E-state index contributed by atoms with van der Waals surface area (Å²) >= 11 is 0. The van der Waals surface area contributed by atoms with Gasteiger partial charge < -0.3 is 9.80 Å². The largest absolute Gasteiger partial charge is 0.370 e. The van der Waals surface area contributed by atoms with E-state index in [1.165, 1.54) is 37.7 Å². The van der Waals surface area contributed by atoms with Crippen molar-refractivity contribution in [2.24, 2.45) is 5.92 Å². The summed E-state index contributed by atoms with van der Waals surface area (Å²) in [7, 11) is 0. The molecule has 0 bridgehead atoms. The van der Waals surface area contributed by atoms with Crippen LogP contribution in [0.3, 0.4) is 0 Å². The van der Waals surface area contributed by atoms with E-state index >= 15 is 0 Å². The standard InChI is InChI=1S/C24H31N3O/c28-24(27-12-6-1-2-7-13-27)22-17-23(19-25-18-22)26-14-10-21(11-15-26)16-20-8-4-3-5-9-20/h3-5,8-9,17-19,21H,1-2,6-7,10-16H2. The molecular weight excluding hydrogens is 346 g/mol. The fourth-order valence-corrected chi connectivity index (χ4v) is 4.52. The molecule has 0 N–H and O–H groups in total. The highest BCUT2D eigenvalue weighted by atomic mass is 16.2. The average molecular weight is 378 g/mol. The number of aromatic nitrogens is 1. The third kappa shape index (κ3) is 4.73. The molecule has 148 valence electrons. The number of piperidine rings is 1. The van der Waals surface area contributed by atoms with Crippen molar-refractivity contribution in [3.63, 3.8) is 0 Å². The lowest BCUT2D eigenvalue weighted by atomic mass is 9.90. The first-order chi connectivity index (χ1) is 13.8. The van der Waals surface area contributed by atoms with Crippen molar-refractivity contribution in [1.29, 1.82) is 0 Å². The second-order valence-corrected chi connectivity index (χ2v) is 8.26. The van der Waals surface area contributed by atoms with Gasteiger partial charge in [0.25, 0.3) is 5.91 Å². The van der Waals surface area contributed by atoms with Gasteiger partial charge in [-0.05, 0) is 49.7 Å². The van der Waals surface area contributed by atoms with Crippen molar-refractivity contribution in [2.75, 3.05) is 31.1 Å². The zero-order chi connectivity index (χ0) is 19.2. The molecule has 4 heteroatoms. The lowest BCUT2D eigenvalue weighted by Crippen LogP contribution is -2.35. The summed E-state index contributed by atoms with van der Waals surface area (Å²) in [5.74, 6) is 0.892. The number of carbonyl (C=O) groups excluding carboxylic acids is 1. The van der Waals surface area contributed by atoms with E-state index in [1.54, 1.807) is 6.20 Å². The average Bonchev–Trinajstić information content (AvgIpc) is 3.04. The van der Waals surface area contributed by atoms with Gasteiger partial charge in [0, 0.05) is 32.4 Å². The summed E-state index contributed by atoms with van der Waals surface area (Å²) in [6.07, 6.45) is 11.9. The minimum Gasteiger partial charge on any atom is -0.370 e. The number of hydrogen-bond acceptors (Lipinski definition) is 3. The van der Waals surface area contributed by atoms with Crippen LogP contribution < -0.4 is 4.90 Å². The second-order valence-electron chi connectivity index (χ2n) is 8.26. The Hall–Kier alpha value is -2.36. The second kappa shape index (κ2) is 9.22. The molecule has 0 aliphatic carbocycles. The van der Waals surface area contributed by atoms with Crippen LogP contribution in [0.15, 0.2) is 48.8 Å². The highest BCUT2D eigenvalue weighted by Crippen LogP contribution is 2.26. The molecule has 4 nitrogen and oxygen atoms in total. The van der Waals surface area contributed by atoms with Crippen LogP contribution in [0.2, 0.25) is 0 Å². The van der Waals surface area contributed by atoms with Crippen LogP contribution in [0.25, 0.3) is 0 Å². The van der Waals surface area contributed by atoms with Gasteiger partial charge in [0.05, 0.1) is 17.4 Å². The van der Waals surface area contributed by atoms with Gasteiger partial charge >= 0.3 is 0 Å². The quantitative estimate of drug-likeness (QED) is 0.784. The molecule has 2 fully saturated rings. The maximum absolute atomic E-state index is 12.9. The zero-order valence-corrected chi connectivity index (χ0v) is 16.7. The van der Waals surface area contributed by atoms with Crippen LogP contribution in [-0.4, -0.2) is 42.0 Å². The summed E-state index contributed by atoms with van der Waals surface area (Å²) in [5.41, 5.74) is 3.28. The van der Waals surface area contributed by atoms with E-state index in [4.69, 9.17) is 0 Å². The minimum atomic E-state index is 0.148. The van der Waals surface area contributed by atoms with Crippen molar-refractivity contribution >= 4 is 11.6 Å². The Morgan fingerprint density at radius 1 is 0.929 bits per heavy atom. The van der Waals surface area contributed by atoms with Crippen molar-refractivity contribution in [3.05, 3.63) is 59.9 Å². The molecule has 1 amide bonds. The Kier molecular flexibility index (Phi) is 6.25. The summed E-state index contributed by atoms with van der Waals surface area (Å²) in [6, 6.07) is 12.9. The zero-order valence-electron chi connectivity index (χ0n) is 16.7. The number of amides is 1. The molecular formula is C24H31N3O. The highest BCUT2D eigenvalue weighted by molar-refractivity contribution is 5.94. The van der Waals surface area contributed by atoms with Crippen LogP contribution in [0.1, 0.15) is 54.4 Å². The van der Waals surface area contributed by atoms with E-state index in [1.807, 2.05) is 11.1 Å². The number of likely N-dealkylation sites (tertiary alicyclic amines) is 1. The van der Waals surface area contributed by atoms with Crippen LogP contribution in [0.5, 0.6) is 0 Å². The number of nitrogens with zero attached hydrogens (tertiary/aromatic N) is 3. The first-order valence-electron chi connectivity index (χ1n) is 10.8. The van der Waals surface area contributed by atoms with E-state index < -0.39 is 0 Å². The monoisotopic (exact) mass is 377 g/mol. The number of pyridine rings is 1. The van der Waals surface area contributed by atoms with E-state index in [0.717, 1.165) is 56.2 Å². The summed E-state index contributed by atoms with van der Waals surface area (Å²) < 4.78 is 0. The van der Waals surface area contributed by atoms with E-state index in [2.05, 4.69) is 46.3 Å². The van der Waals surface area contributed by atoms with Crippen LogP contribution in [0, 0.1) is 5.92 Å². The van der Waals surface area contributed by atoms with Crippen molar-refractivity contribution in [2.45, 2.75) is 44.9 Å². The van der Waals surface area contributed by atoms with Gasteiger partial charge in [-0.15, -0.1) is 0 Å². The fraction of sp³-hybridized carbons (Fsp3) is 0.500. The molecule has 4 rings (SSSR count). The Balaban J connectivity index is 1.36. The molecule has 0 radical (unpaired) electrons. The third-order valence-corrected chi connectivity index (χ3v) is 6.21. The van der Waals surface area contributed by atoms with Crippen LogP contribution >= 0.6 is 0 Å². The third-order valence-electron chi connectivity index (χ3n) is 6.21. The lowest BCUT2D eigenvalue weighted by molar-refractivity contribution is 0.0761. The van der Waals surface area contributed by atoms with Crippen LogP contribution in [-0.2, 0) is 6.42 Å². The molecule has 0 unspecified atom stereocenters. The molecule has 1 aromatic carbocycles. The molecule has 3 heterocycles. The topological polar surface area (TPSA) is 36.4 Å². The first kappa shape index (κ1) is 19.0. The summed E-state index contributed by atoms with van der Waals surface area (Å²) in [5, 5.41) is 0. The van der Waals surface area contributed by atoms with Crippen LogP contribution in [0.4, 0.5) is 5.69 Å². The molecule has 28 heavy (non-hydrogen) atoms. The number of carbonyl (C=O) groups is 1. The van der Waals surface area contributed by atoms with E-state index in [0.29, 0.717) is 0 Å². The van der Waals surface area contributed by atoms with Gasteiger partial charge in [0.1, 0.15) is 0 Å². The minimum absolute atomic E-state index is 0.148. The maximum atomic E-state index is 12.9. The molecule has 2 aliphatic heterocycles. The van der Waals surface area contributed by atoms with E-state index in [-0.39, 0.29) is 5.91 Å². The molecule has 0 spiro atoms. The molecule has 0 atom stereocenters. The molecule has 2 aliphatic rings.